The molecule has 0 aliphatic carbocycles. The molecule has 8 heteroatoms. The lowest BCUT2D eigenvalue weighted by molar-refractivity contribution is -0.136. The zero-order valence-corrected chi connectivity index (χ0v) is 17.8. The molecule has 140 valence electrons. The minimum absolute atomic E-state index is 0.00851. The lowest BCUT2D eigenvalue weighted by atomic mass is 10.0. The Morgan fingerprint density at radius 3 is 2.33 bits per heavy atom. The van der Waals surface area contributed by atoms with Gasteiger partial charge in [-0.25, -0.2) is 4.68 Å². The highest BCUT2D eigenvalue weighted by Crippen LogP contribution is 2.35. The van der Waals surface area contributed by atoms with Crippen molar-refractivity contribution in [1.82, 2.24) is 9.78 Å². The summed E-state index contributed by atoms with van der Waals surface area (Å²) >= 11 is 22.0. The number of halogens is 4. The largest absolute Gasteiger partial charge is 0.481 e. The number of aryl methyl sites for hydroxylation is 1. The summed E-state index contributed by atoms with van der Waals surface area (Å²) in [6.45, 7) is 0. The summed E-state index contributed by atoms with van der Waals surface area (Å²) in [7, 11) is 0. The lowest BCUT2D eigenvalue weighted by Crippen LogP contribution is -2.02. The molecule has 1 heterocycles. The fraction of sp³-hybridized carbons (Fsp3) is 0.158. The average molecular weight is 489 g/mol. The average Bonchev–Trinajstić information content (AvgIpc) is 2.99. The number of aromatic nitrogens is 2. The molecule has 2 aromatic carbocycles. The predicted octanol–water partition coefficient (Wildman–Crippen LogP) is 6.41. The molecule has 1 N–H and O–H groups in total. The third kappa shape index (κ3) is 4.49. The van der Waals surface area contributed by atoms with E-state index >= 15 is 0 Å². The van der Waals surface area contributed by atoms with Crippen molar-refractivity contribution in [2.75, 3.05) is 0 Å². The van der Waals surface area contributed by atoms with E-state index in [0.717, 1.165) is 16.8 Å². The van der Waals surface area contributed by atoms with Crippen LogP contribution in [-0.4, -0.2) is 20.9 Å². The number of aliphatic carboxylic acids is 1. The van der Waals surface area contributed by atoms with Gasteiger partial charge in [-0.2, -0.15) is 5.10 Å². The second kappa shape index (κ2) is 8.65. The van der Waals surface area contributed by atoms with Gasteiger partial charge in [0.2, 0.25) is 0 Å². The van der Waals surface area contributed by atoms with E-state index in [0.29, 0.717) is 38.2 Å². The Balaban J connectivity index is 2.23. The van der Waals surface area contributed by atoms with Gasteiger partial charge < -0.3 is 5.11 Å². The first-order valence-corrected chi connectivity index (χ1v) is 10.3. The van der Waals surface area contributed by atoms with Gasteiger partial charge in [-0.1, -0.05) is 62.9 Å². The van der Waals surface area contributed by atoms with Gasteiger partial charge in [0, 0.05) is 32.9 Å². The van der Waals surface area contributed by atoms with E-state index in [9.17, 15) is 4.79 Å². The smallest absolute Gasteiger partial charge is 0.303 e. The molecular formula is C19H14BrCl3N2O2. The molecule has 3 rings (SSSR count). The van der Waals surface area contributed by atoms with Gasteiger partial charge in [-0.15, -0.1) is 0 Å². The number of carboxylic acid groups (broad SMARTS) is 1. The maximum Gasteiger partial charge on any atom is 0.303 e. The van der Waals surface area contributed by atoms with Crippen LogP contribution in [0.2, 0.25) is 15.1 Å². The van der Waals surface area contributed by atoms with E-state index < -0.39 is 5.97 Å². The van der Waals surface area contributed by atoms with Crippen LogP contribution in [0.15, 0.2) is 42.5 Å². The second-order valence-electron chi connectivity index (χ2n) is 5.82. The van der Waals surface area contributed by atoms with Gasteiger partial charge in [0.25, 0.3) is 0 Å². The maximum absolute atomic E-state index is 11.0. The molecule has 0 radical (unpaired) electrons. The first kappa shape index (κ1) is 20.2. The van der Waals surface area contributed by atoms with Gasteiger partial charge in [-0.05, 0) is 30.3 Å². The monoisotopic (exact) mass is 486 g/mol. The Morgan fingerprint density at radius 1 is 1.07 bits per heavy atom. The maximum atomic E-state index is 11.0. The van der Waals surface area contributed by atoms with E-state index in [2.05, 4.69) is 21.0 Å². The highest BCUT2D eigenvalue weighted by molar-refractivity contribution is 9.08. The quantitative estimate of drug-likeness (QED) is 0.408. The molecule has 0 unspecified atom stereocenters. The van der Waals surface area contributed by atoms with Crippen LogP contribution < -0.4 is 0 Å². The van der Waals surface area contributed by atoms with Crippen LogP contribution in [-0.2, 0) is 16.5 Å². The molecule has 0 spiro atoms. The molecule has 4 nitrogen and oxygen atoms in total. The van der Waals surface area contributed by atoms with Gasteiger partial charge in [0.15, 0.2) is 0 Å². The zero-order valence-electron chi connectivity index (χ0n) is 13.9. The van der Waals surface area contributed by atoms with Crippen LogP contribution >= 0.6 is 50.7 Å². The molecule has 1 aromatic heterocycles. The van der Waals surface area contributed by atoms with Crippen molar-refractivity contribution in [3.8, 4) is 16.9 Å². The lowest BCUT2D eigenvalue weighted by Gasteiger charge is -2.11. The highest BCUT2D eigenvalue weighted by atomic mass is 79.9. The summed E-state index contributed by atoms with van der Waals surface area (Å²) in [5, 5.41) is 15.9. The van der Waals surface area contributed by atoms with E-state index in [1.54, 1.807) is 35.0 Å². The molecule has 0 fully saturated rings. The standard InChI is InChI=1S/C19H14BrCl3N2O2/c20-10-14-16(6-8-18(26)27)24-25(17-7-5-13(22)9-15(17)23)19(14)11-1-3-12(21)4-2-11/h1-5,7,9H,6,8,10H2,(H,26,27). The van der Waals surface area contributed by atoms with Gasteiger partial charge in [0.1, 0.15) is 0 Å². The fourth-order valence-electron chi connectivity index (χ4n) is 2.79. The first-order valence-electron chi connectivity index (χ1n) is 8.00. The van der Waals surface area contributed by atoms with Crippen molar-refractivity contribution >= 4 is 56.7 Å². The number of alkyl halides is 1. The SMILES string of the molecule is O=C(O)CCc1nn(-c2ccc(Cl)cc2Cl)c(-c2ccc(Cl)cc2)c1CBr. The molecular weight excluding hydrogens is 474 g/mol. The van der Waals surface area contributed by atoms with Crippen molar-refractivity contribution < 1.29 is 9.90 Å². The molecule has 0 amide bonds. The summed E-state index contributed by atoms with van der Waals surface area (Å²) < 4.78 is 1.73. The van der Waals surface area contributed by atoms with E-state index in [4.69, 9.17) is 39.9 Å². The van der Waals surface area contributed by atoms with Crippen molar-refractivity contribution in [2.24, 2.45) is 0 Å². The molecule has 0 bridgehead atoms. The number of benzene rings is 2. The number of rotatable bonds is 6. The summed E-state index contributed by atoms with van der Waals surface area (Å²) in [5.41, 5.74) is 3.99. The summed E-state index contributed by atoms with van der Waals surface area (Å²) in [5.74, 6) is -0.873. The molecule has 0 atom stereocenters. The molecule has 3 aromatic rings. The minimum atomic E-state index is -0.873. The summed E-state index contributed by atoms with van der Waals surface area (Å²) in [6.07, 6.45) is 0.306. The van der Waals surface area contributed by atoms with Crippen molar-refractivity contribution in [3.05, 3.63) is 68.8 Å². The van der Waals surface area contributed by atoms with E-state index in [1.165, 1.54) is 0 Å². The van der Waals surface area contributed by atoms with Crippen molar-refractivity contribution in [1.29, 1.82) is 0 Å². The molecule has 27 heavy (non-hydrogen) atoms. The highest BCUT2D eigenvalue weighted by Gasteiger charge is 2.21. The first-order chi connectivity index (χ1) is 12.9. The molecule has 0 saturated carbocycles. The minimum Gasteiger partial charge on any atom is -0.481 e. The van der Waals surface area contributed by atoms with E-state index in [-0.39, 0.29) is 6.42 Å². The Labute approximate surface area is 179 Å². The Kier molecular flexibility index (Phi) is 6.48. The van der Waals surface area contributed by atoms with E-state index in [1.807, 2.05) is 12.1 Å². The van der Waals surface area contributed by atoms with Gasteiger partial charge in [-0.3, -0.25) is 4.79 Å². The number of hydrogen-bond acceptors (Lipinski definition) is 2. The Bertz CT molecular complexity index is 987. The van der Waals surface area contributed by atoms with Gasteiger partial charge in [0.05, 0.1) is 28.5 Å². The molecule has 0 saturated heterocycles. The predicted molar refractivity (Wildman–Crippen MR) is 113 cm³/mol. The summed E-state index contributed by atoms with van der Waals surface area (Å²) in [6, 6.07) is 12.6. The summed E-state index contributed by atoms with van der Waals surface area (Å²) in [4.78, 5) is 11.0. The normalized spacial score (nSPS) is 11.0. The third-order valence-corrected chi connectivity index (χ3v) is 5.38. The second-order valence-corrected chi connectivity index (χ2v) is 7.66. The van der Waals surface area contributed by atoms with Crippen LogP contribution in [0.5, 0.6) is 0 Å². The number of hydrogen-bond donors (Lipinski definition) is 1. The van der Waals surface area contributed by atoms with Crippen LogP contribution in [0.1, 0.15) is 17.7 Å². The number of carboxylic acids is 1. The number of carbonyl (C=O) groups is 1. The van der Waals surface area contributed by atoms with Crippen LogP contribution in [0, 0.1) is 0 Å². The van der Waals surface area contributed by atoms with Crippen molar-refractivity contribution in [2.45, 2.75) is 18.2 Å². The Morgan fingerprint density at radius 2 is 1.74 bits per heavy atom. The zero-order chi connectivity index (χ0) is 19.6. The van der Waals surface area contributed by atoms with Gasteiger partial charge >= 0.3 is 5.97 Å². The van der Waals surface area contributed by atoms with Crippen LogP contribution in [0.4, 0.5) is 0 Å². The molecule has 0 aliphatic heterocycles. The van der Waals surface area contributed by atoms with Crippen molar-refractivity contribution in [3.63, 3.8) is 0 Å². The Hall–Kier alpha value is -1.53. The van der Waals surface area contributed by atoms with Crippen LogP contribution in [0.25, 0.3) is 16.9 Å². The fourth-order valence-corrected chi connectivity index (χ4v) is 4.00. The number of nitrogens with zero attached hydrogens (tertiary/aromatic N) is 2. The van der Waals surface area contributed by atoms with Crippen LogP contribution in [0.3, 0.4) is 0 Å². The molecule has 0 aliphatic rings. The topological polar surface area (TPSA) is 55.1 Å². The third-order valence-electron chi connectivity index (χ3n) is 4.03.